The first-order chi connectivity index (χ1) is 10.2. The Bertz CT molecular complexity index is 621. The average molecular weight is 286 g/mol. The molecule has 1 unspecified atom stereocenters. The smallest absolute Gasteiger partial charge is 0.224 e. The van der Waals surface area contributed by atoms with Crippen LogP contribution in [0.4, 0.5) is 11.8 Å². The van der Waals surface area contributed by atoms with Crippen molar-refractivity contribution in [1.29, 1.82) is 0 Å². The highest BCUT2D eigenvalue weighted by Gasteiger charge is 2.24. The molecule has 1 atom stereocenters. The Balaban J connectivity index is 1.93. The van der Waals surface area contributed by atoms with E-state index in [1.54, 1.807) is 0 Å². The minimum atomic E-state index is -0.220. The molecule has 1 saturated heterocycles. The van der Waals surface area contributed by atoms with E-state index in [0.717, 1.165) is 42.7 Å². The highest BCUT2D eigenvalue weighted by atomic mass is 16.3. The fraction of sp³-hybridized carbons (Fsp3) is 0.500. The van der Waals surface area contributed by atoms with Gasteiger partial charge in [0, 0.05) is 25.5 Å². The lowest BCUT2D eigenvalue weighted by Gasteiger charge is -2.34. The van der Waals surface area contributed by atoms with E-state index in [-0.39, 0.29) is 6.10 Å². The van der Waals surface area contributed by atoms with E-state index in [4.69, 9.17) is 0 Å². The molecule has 3 rings (SSSR count). The Kier molecular flexibility index (Phi) is 3.92. The fourth-order valence-electron chi connectivity index (χ4n) is 3.01. The molecule has 0 radical (unpaired) electrons. The highest BCUT2D eigenvalue weighted by molar-refractivity contribution is 5.90. The molecule has 112 valence electrons. The van der Waals surface area contributed by atoms with E-state index in [1.165, 1.54) is 0 Å². The summed E-state index contributed by atoms with van der Waals surface area (Å²) in [6.07, 6.45) is 1.79. The zero-order valence-electron chi connectivity index (χ0n) is 12.6. The first kappa shape index (κ1) is 14.1. The molecule has 5 nitrogen and oxygen atoms in total. The first-order valence-electron chi connectivity index (χ1n) is 7.56. The number of hydrogen-bond acceptors (Lipinski definition) is 5. The number of aromatic nitrogens is 2. The summed E-state index contributed by atoms with van der Waals surface area (Å²) in [6, 6.07) is 8.11. The van der Waals surface area contributed by atoms with Crippen molar-refractivity contribution in [2.75, 3.05) is 30.4 Å². The Hall–Kier alpha value is -1.88. The van der Waals surface area contributed by atoms with Crippen LogP contribution < -0.4 is 10.2 Å². The number of nitrogens with zero attached hydrogens (tertiary/aromatic N) is 3. The van der Waals surface area contributed by atoms with Gasteiger partial charge < -0.3 is 15.3 Å². The molecule has 0 saturated carbocycles. The zero-order valence-corrected chi connectivity index (χ0v) is 12.6. The maximum absolute atomic E-state index is 9.73. The summed E-state index contributed by atoms with van der Waals surface area (Å²) >= 11 is 0. The van der Waals surface area contributed by atoms with Gasteiger partial charge in [0.1, 0.15) is 5.82 Å². The van der Waals surface area contributed by atoms with Crippen LogP contribution in [0.25, 0.3) is 10.9 Å². The van der Waals surface area contributed by atoms with Gasteiger partial charge in [-0.1, -0.05) is 12.1 Å². The molecule has 21 heavy (non-hydrogen) atoms. The maximum Gasteiger partial charge on any atom is 0.224 e. The lowest BCUT2D eigenvalue weighted by Crippen LogP contribution is -2.37. The topological polar surface area (TPSA) is 61.3 Å². The number of nitrogens with one attached hydrogen (secondary N) is 1. The standard InChI is InChI=1S/C16H22N4O/c1-11(21)12-7-9-20(10-8-12)15-13-5-3-4-6-14(13)18-16(17-2)19-15/h3-6,11-12,21H,7-10H2,1-2H3,(H,17,18,19). The molecule has 2 aromatic rings. The van der Waals surface area contributed by atoms with Crippen molar-refractivity contribution < 1.29 is 5.11 Å². The van der Waals surface area contributed by atoms with Gasteiger partial charge in [-0.05, 0) is 37.8 Å². The average Bonchev–Trinajstić information content (AvgIpc) is 2.53. The monoisotopic (exact) mass is 286 g/mol. The van der Waals surface area contributed by atoms with Gasteiger partial charge in [0.2, 0.25) is 5.95 Å². The third-order valence-corrected chi connectivity index (χ3v) is 4.33. The van der Waals surface area contributed by atoms with Crippen molar-refractivity contribution in [3.63, 3.8) is 0 Å². The summed E-state index contributed by atoms with van der Waals surface area (Å²) in [4.78, 5) is 11.5. The van der Waals surface area contributed by atoms with Gasteiger partial charge in [0.25, 0.3) is 0 Å². The molecule has 1 aliphatic heterocycles. The van der Waals surface area contributed by atoms with Gasteiger partial charge in [-0.25, -0.2) is 4.98 Å². The molecule has 0 bridgehead atoms. The number of benzene rings is 1. The van der Waals surface area contributed by atoms with E-state index in [9.17, 15) is 5.11 Å². The minimum absolute atomic E-state index is 0.220. The Labute approximate surface area is 125 Å². The van der Waals surface area contributed by atoms with Gasteiger partial charge >= 0.3 is 0 Å². The minimum Gasteiger partial charge on any atom is -0.393 e. The van der Waals surface area contributed by atoms with Crippen LogP contribution >= 0.6 is 0 Å². The molecule has 2 N–H and O–H groups in total. The number of fused-ring (bicyclic) bond motifs is 1. The van der Waals surface area contributed by atoms with Crippen LogP contribution in [0.2, 0.25) is 0 Å². The Morgan fingerprint density at radius 1 is 1.24 bits per heavy atom. The molecular formula is C16H22N4O. The number of rotatable bonds is 3. The van der Waals surface area contributed by atoms with Crippen molar-refractivity contribution >= 4 is 22.7 Å². The van der Waals surface area contributed by atoms with Gasteiger partial charge in [0.15, 0.2) is 0 Å². The number of hydrogen-bond donors (Lipinski definition) is 2. The molecule has 0 spiro atoms. The molecule has 1 fully saturated rings. The second-order valence-corrected chi connectivity index (χ2v) is 5.70. The third-order valence-electron chi connectivity index (χ3n) is 4.33. The SMILES string of the molecule is CNc1nc(N2CCC(C(C)O)CC2)c2ccccc2n1. The summed E-state index contributed by atoms with van der Waals surface area (Å²) < 4.78 is 0. The number of anilines is 2. The molecule has 0 aliphatic carbocycles. The van der Waals surface area contributed by atoms with Gasteiger partial charge in [-0.3, -0.25) is 0 Å². The number of aliphatic hydroxyl groups excluding tert-OH is 1. The van der Waals surface area contributed by atoms with Crippen LogP contribution in [0.5, 0.6) is 0 Å². The predicted octanol–water partition coefficient (Wildman–Crippen LogP) is 2.27. The van der Waals surface area contributed by atoms with Crippen LogP contribution in [0.1, 0.15) is 19.8 Å². The summed E-state index contributed by atoms with van der Waals surface area (Å²) in [5.41, 5.74) is 0.962. The van der Waals surface area contributed by atoms with Crippen molar-refractivity contribution in [2.45, 2.75) is 25.9 Å². The van der Waals surface area contributed by atoms with E-state index in [0.29, 0.717) is 11.9 Å². The first-order valence-corrected chi connectivity index (χ1v) is 7.56. The molecule has 1 aliphatic rings. The van der Waals surface area contributed by atoms with Crippen LogP contribution in [0.3, 0.4) is 0 Å². The van der Waals surface area contributed by atoms with E-state index in [1.807, 2.05) is 32.2 Å². The van der Waals surface area contributed by atoms with Crippen LogP contribution in [-0.2, 0) is 0 Å². The van der Waals surface area contributed by atoms with E-state index >= 15 is 0 Å². The second-order valence-electron chi connectivity index (χ2n) is 5.70. The summed E-state index contributed by atoms with van der Waals surface area (Å²) in [6.45, 7) is 3.75. The van der Waals surface area contributed by atoms with Crippen LogP contribution in [0, 0.1) is 5.92 Å². The largest absolute Gasteiger partial charge is 0.393 e. The van der Waals surface area contributed by atoms with Crippen LogP contribution in [-0.4, -0.2) is 41.3 Å². The van der Waals surface area contributed by atoms with E-state index in [2.05, 4.69) is 26.3 Å². The van der Waals surface area contributed by atoms with Crippen LogP contribution in [0.15, 0.2) is 24.3 Å². The second kappa shape index (κ2) is 5.85. The number of piperidine rings is 1. The van der Waals surface area contributed by atoms with Crippen molar-refractivity contribution in [3.8, 4) is 0 Å². The molecular weight excluding hydrogens is 264 g/mol. The maximum atomic E-state index is 9.73. The lowest BCUT2D eigenvalue weighted by atomic mass is 9.92. The molecule has 1 aromatic carbocycles. The normalized spacial score (nSPS) is 18.0. The number of aliphatic hydroxyl groups is 1. The van der Waals surface area contributed by atoms with Crippen molar-refractivity contribution in [3.05, 3.63) is 24.3 Å². The van der Waals surface area contributed by atoms with Gasteiger partial charge in [-0.15, -0.1) is 0 Å². The molecule has 0 amide bonds. The third kappa shape index (κ3) is 2.78. The summed E-state index contributed by atoms with van der Waals surface area (Å²) in [5, 5.41) is 13.9. The van der Waals surface area contributed by atoms with Crippen molar-refractivity contribution in [2.24, 2.45) is 5.92 Å². The van der Waals surface area contributed by atoms with E-state index < -0.39 is 0 Å². The van der Waals surface area contributed by atoms with Gasteiger partial charge in [-0.2, -0.15) is 4.98 Å². The predicted molar refractivity (Wildman–Crippen MR) is 85.7 cm³/mol. The fourth-order valence-corrected chi connectivity index (χ4v) is 3.01. The molecule has 1 aromatic heterocycles. The number of para-hydroxylation sites is 1. The summed E-state index contributed by atoms with van der Waals surface area (Å²) in [7, 11) is 1.84. The van der Waals surface area contributed by atoms with Crippen molar-refractivity contribution in [1.82, 2.24) is 9.97 Å². The quantitative estimate of drug-likeness (QED) is 0.906. The summed E-state index contributed by atoms with van der Waals surface area (Å²) in [5.74, 6) is 2.05. The highest BCUT2D eigenvalue weighted by Crippen LogP contribution is 2.29. The molecule has 2 heterocycles. The Morgan fingerprint density at radius 2 is 1.95 bits per heavy atom. The zero-order chi connectivity index (χ0) is 14.8. The lowest BCUT2D eigenvalue weighted by molar-refractivity contribution is 0.110. The van der Waals surface area contributed by atoms with Gasteiger partial charge in [0.05, 0.1) is 11.6 Å². The Morgan fingerprint density at radius 3 is 2.62 bits per heavy atom. The molecule has 5 heteroatoms.